The Morgan fingerprint density at radius 2 is 1.88 bits per heavy atom. The topological polar surface area (TPSA) is 136 Å². The van der Waals surface area contributed by atoms with E-state index >= 15 is 0 Å². The van der Waals surface area contributed by atoms with E-state index in [2.05, 4.69) is 20.8 Å². The fourth-order valence-corrected chi connectivity index (χ4v) is 6.79. The summed E-state index contributed by atoms with van der Waals surface area (Å²) in [4.78, 5) is -0.0277. The van der Waals surface area contributed by atoms with E-state index in [0.717, 1.165) is 37.8 Å². The molecule has 1 aromatic heterocycles. The molecule has 1 fully saturated rings. The minimum absolute atomic E-state index is 0.00840. The lowest BCUT2D eigenvalue weighted by molar-refractivity contribution is 0.158. The standard InChI is InChI=1S/C20H30N6O5S2/c1-31-12-8-15-5-9-25(10-6-15)33(29,30)19-14-17(32(2,27)28)3-4-18(19)21-16-7-11-26-20(13-16)22-23-24-26/h3-4,14-16,21H,5-13H2,1-2H3. The zero-order valence-corrected chi connectivity index (χ0v) is 20.5. The zero-order valence-electron chi connectivity index (χ0n) is 18.8. The van der Waals surface area contributed by atoms with Gasteiger partial charge in [-0.05, 0) is 60.2 Å². The molecule has 2 aliphatic rings. The van der Waals surface area contributed by atoms with Crippen molar-refractivity contribution in [1.29, 1.82) is 0 Å². The number of aryl methyl sites for hydroxylation is 1. The number of aromatic nitrogens is 4. The Balaban J connectivity index is 1.60. The molecule has 0 amide bonds. The molecule has 1 unspecified atom stereocenters. The maximum absolute atomic E-state index is 13.6. The number of rotatable bonds is 8. The van der Waals surface area contributed by atoms with Gasteiger partial charge >= 0.3 is 0 Å². The van der Waals surface area contributed by atoms with Crippen LogP contribution in [0.1, 0.15) is 31.5 Å². The van der Waals surface area contributed by atoms with E-state index in [0.29, 0.717) is 44.3 Å². The minimum atomic E-state index is -3.89. The number of hydrogen-bond donors (Lipinski definition) is 1. The summed E-state index contributed by atoms with van der Waals surface area (Å²) in [6.45, 7) is 2.08. The number of nitrogens with one attached hydrogen (secondary N) is 1. The van der Waals surface area contributed by atoms with E-state index < -0.39 is 19.9 Å². The highest BCUT2D eigenvalue weighted by atomic mass is 32.2. The molecule has 0 bridgehead atoms. The van der Waals surface area contributed by atoms with Crippen molar-refractivity contribution in [1.82, 2.24) is 24.5 Å². The summed E-state index contributed by atoms with van der Waals surface area (Å²) in [5.41, 5.74) is 0.398. The third-order valence-electron chi connectivity index (χ3n) is 6.39. The van der Waals surface area contributed by atoms with Crippen molar-refractivity contribution < 1.29 is 21.6 Å². The van der Waals surface area contributed by atoms with Gasteiger partial charge < -0.3 is 10.1 Å². The molecule has 11 nitrogen and oxygen atoms in total. The fraction of sp³-hybridized carbons (Fsp3) is 0.650. The average Bonchev–Trinajstić information content (AvgIpc) is 3.25. The number of ether oxygens (including phenoxy) is 1. The predicted octanol–water partition coefficient (Wildman–Crippen LogP) is 0.941. The molecule has 1 N–H and O–H groups in total. The van der Waals surface area contributed by atoms with Crippen molar-refractivity contribution in [2.45, 2.75) is 54.5 Å². The lowest BCUT2D eigenvalue weighted by Crippen LogP contribution is -2.39. The summed E-state index contributed by atoms with van der Waals surface area (Å²) < 4.78 is 60.0. The molecule has 1 saturated heterocycles. The molecular weight excluding hydrogens is 468 g/mol. The molecule has 3 heterocycles. The maximum Gasteiger partial charge on any atom is 0.245 e. The third kappa shape index (κ3) is 5.36. The van der Waals surface area contributed by atoms with Crippen LogP contribution in [0.25, 0.3) is 0 Å². The quantitative estimate of drug-likeness (QED) is 0.564. The second-order valence-electron chi connectivity index (χ2n) is 8.71. The molecule has 0 aliphatic carbocycles. The zero-order chi connectivity index (χ0) is 23.6. The smallest absolute Gasteiger partial charge is 0.245 e. The van der Waals surface area contributed by atoms with Gasteiger partial charge in [-0.15, -0.1) is 5.10 Å². The third-order valence-corrected chi connectivity index (χ3v) is 9.44. The van der Waals surface area contributed by atoms with Crippen molar-refractivity contribution in [3.8, 4) is 0 Å². The number of anilines is 1. The van der Waals surface area contributed by atoms with Crippen molar-refractivity contribution in [3.05, 3.63) is 24.0 Å². The van der Waals surface area contributed by atoms with E-state index in [1.807, 2.05) is 0 Å². The van der Waals surface area contributed by atoms with Crippen molar-refractivity contribution in [3.63, 3.8) is 0 Å². The largest absolute Gasteiger partial charge is 0.385 e. The Morgan fingerprint density at radius 3 is 2.58 bits per heavy atom. The molecule has 33 heavy (non-hydrogen) atoms. The van der Waals surface area contributed by atoms with E-state index in [9.17, 15) is 16.8 Å². The summed E-state index contributed by atoms with van der Waals surface area (Å²) in [5.74, 6) is 1.15. The highest BCUT2D eigenvalue weighted by Crippen LogP contribution is 2.32. The van der Waals surface area contributed by atoms with Crippen molar-refractivity contribution >= 4 is 25.5 Å². The highest BCUT2D eigenvalue weighted by Gasteiger charge is 2.33. The first-order valence-electron chi connectivity index (χ1n) is 11.0. The van der Waals surface area contributed by atoms with Gasteiger partial charge in [0.05, 0.1) is 10.6 Å². The number of benzene rings is 1. The predicted molar refractivity (Wildman–Crippen MR) is 121 cm³/mol. The van der Waals surface area contributed by atoms with Gasteiger partial charge in [-0.25, -0.2) is 21.5 Å². The van der Waals surface area contributed by atoms with Crippen LogP contribution < -0.4 is 5.32 Å². The van der Waals surface area contributed by atoms with Gasteiger partial charge in [0.15, 0.2) is 15.7 Å². The molecule has 182 valence electrons. The number of piperidine rings is 1. The molecule has 1 aromatic carbocycles. The number of tetrazole rings is 1. The monoisotopic (exact) mass is 498 g/mol. The van der Waals surface area contributed by atoms with E-state index in [4.69, 9.17) is 4.74 Å². The minimum Gasteiger partial charge on any atom is -0.385 e. The van der Waals surface area contributed by atoms with Crippen LogP contribution in [0, 0.1) is 5.92 Å². The van der Waals surface area contributed by atoms with Crippen LogP contribution in [0.4, 0.5) is 5.69 Å². The molecule has 1 atom stereocenters. The summed E-state index contributed by atoms with van der Waals surface area (Å²) in [6.07, 6.45) is 4.75. The van der Waals surface area contributed by atoms with Gasteiger partial charge in [-0.1, -0.05) is 0 Å². The fourth-order valence-electron chi connectivity index (χ4n) is 4.41. The summed E-state index contributed by atoms with van der Waals surface area (Å²) in [7, 11) is -5.80. The van der Waals surface area contributed by atoms with Gasteiger partial charge in [0.25, 0.3) is 0 Å². The Hall–Kier alpha value is -2.09. The van der Waals surface area contributed by atoms with Gasteiger partial charge in [-0.2, -0.15) is 4.31 Å². The summed E-state index contributed by atoms with van der Waals surface area (Å²) >= 11 is 0. The Bertz CT molecular complexity index is 1190. The molecule has 2 aromatic rings. The number of sulfonamides is 1. The number of hydrogen-bond acceptors (Lipinski definition) is 9. The van der Waals surface area contributed by atoms with E-state index in [1.54, 1.807) is 17.9 Å². The first kappa shape index (κ1) is 24.0. The normalized spacial score (nSPS) is 20.5. The summed E-state index contributed by atoms with van der Waals surface area (Å²) in [5, 5.41) is 14.9. The Morgan fingerprint density at radius 1 is 1.12 bits per heavy atom. The molecule has 0 radical (unpaired) electrons. The van der Waals surface area contributed by atoms with Gasteiger partial charge in [0, 0.05) is 52.1 Å². The molecule has 0 spiro atoms. The summed E-state index contributed by atoms with van der Waals surface area (Å²) in [6, 6.07) is 4.20. The van der Waals surface area contributed by atoms with Crippen LogP contribution in [0.3, 0.4) is 0 Å². The van der Waals surface area contributed by atoms with Crippen LogP contribution in [-0.2, 0) is 37.6 Å². The molecular formula is C20H30N6O5S2. The lowest BCUT2D eigenvalue weighted by atomic mass is 9.95. The average molecular weight is 499 g/mol. The lowest BCUT2D eigenvalue weighted by Gasteiger charge is -2.32. The number of methoxy groups -OCH3 is 1. The van der Waals surface area contributed by atoms with Crippen LogP contribution >= 0.6 is 0 Å². The molecule has 0 saturated carbocycles. The van der Waals surface area contributed by atoms with Crippen LogP contribution in [0.5, 0.6) is 0 Å². The van der Waals surface area contributed by atoms with Gasteiger partial charge in [0.2, 0.25) is 10.0 Å². The molecule has 4 rings (SSSR count). The highest BCUT2D eigenvalue weighted by molar-refractivity contribution is 7.91. The number of fused-ring (bicyclic) bond motifs is 1. The van der Waals surface area contributed by atoms with Crippen molar-refractivity contribution in [2.75, 3.05) is 38.4 Å². The SMILES string of the molecule is COCCC1CCN(S(=O)(=O)c2cc(S(C)(=O)=O)ccc2NC2CCn3nnnc3C2)CC1. The Labute approximate surface area is 194 Å². The van der Waals surface area contributed by atoms with Crippen LogP contribution in [0.2, 0.25) is 0 Å². The molecule has 2 aliphatic heterocycles. The van der Waals surface area contributed by atoms with Crippen molar-refractivity contribution in [2.24, 2.45) is 5.92 Å². The first-order chi connectivity index (χ1) is 15.7. The number of nitrogens with zero attached hydrogens (tertiary/aromatic N) is 5. The van der Waals surface area contributed by atoms with Crippen LogP contribution in [0.15, 0.2) is 28.0 Å². The van der Waals surface area contributed by atoms with Gasteiger partial charge in [0.1, 0.15) is 4.90 Å². The second kappa shape index (κ2) is 9.65. The Kier molecular flexibility index (Phi) is 7.03. The van der Waals surface area contributed by atoms with Gasteiger partial charge in [-0.3, -0.25) is 0 Å². The first-order valence-corrected chi connectivity index (χ1v) is 14.4. The van der Waals surface area contributed by atoms with E-state index in [-0.39, 0.29) is 15.8 Å². The molecule has 13 heteroatoms. The second-order valence-corrected chi connectivity index (χ2v) is 12.6. The van der Waals surface area contributed by atoms with E-state index in [1.165, 1.54) is 16.4 Å². The number of sulfone groups is 1. The maximum atomic E-state index is 13.6. The van der Waals surface area contributed by atoms with Crippen LogP contribution in [-0.4, -0.2) is 80.5 Å².